The number of hydrogen-bond donors (Lipinski definition) is 6. The summed E-state index contributed by atoms with van der Waals surface area (Å²) in [7, 11) is 0. The van der Waals surface area contributed by atoms with Gasteiger partial charge in [0, 0.05) is 33.2 Å². The molecule has 0 spiro atoms. The lowest BCUT2D eigenvalue weighted by Gasteiger charge is -2.42. The first-order chi connectivity index (χ1) is 20.4. The fourth-order valence-electron chi connectivity index (χ4n) is 6.13. The van der Waals surface area contributed by atoms with Crippen LogP contribution in [-0.4, -0.2) is 91.9 Å². The van der Waals surface area contributed by atoms with Crippen LogP contribution < -0.4 is 0 Å². The number of aliphatic hydroxyl groups excluding tert-OH is 5. The monoisotopic (exact) mass is 640 g/mol. The Hall–Kier alpha value is -1.93. The van der Waals surface area contributed by atoms with Crippen LogP contribution >= 0.6 is 22.9 Å². The van der Waals surface area contributed by atoms with Gasteiger partial charge in [-0.15, -0.1) is 11.3 Å². The second kappa shape index (κ2) is 14.4. The van der Waals surface area contributed by atoms with E-state index in [1.54, 1.807) is 37.3 Å². The Labute approximate surface area is 259 Å². The quantitative estimate of drug-likeness (QED) is 0.141. The maximum Gasteiger partial charge on any atom is 0.303 e. The van der Waals surface area contributed by atoms with Crippen LogP contribution in [0.25, 0.3) is 10.1 Å². The number of ketones is 1. The summed E-state index contributed by atoms with van der Waals surface area (Å²) in [6.07, 6.45) is -3.62. The summed E-state index contributed by atoms with van der Waals surface area (Å²) < 4.78 is 12.8. The van der Waals surface area contributed by atoms with Gasteiger partial charge in [-0.3, -0.25) is 9.59 Å². The summed E-state index contributed by atoms with van der Waals surface area (Å²) in [6.45, 7) is 2.80. The highest BCUT2D eigenvalue weighted by molar-refractivity contribution is 7.19. The molecule has 0 bridgehead atoms. The molecule has 9 atom stereocenters. The Balaban J connectivity index is 1.53. The predicted molar refractivity (Wildman–Crippen MR) is 161 cm³/mol. The van der Waals surface area contributed by atoms with E-state index in [9.17, 15) is 35.1 Å². The summed E-state index contributed by atoms with van der Waals surface area (Å²) in [4.78, 5) is 25.7. The van der Waals surface area contributed by atoms with Gasteiger partial charge in [-0.25, -0.2) is 0 Å². The first kappa shape index (κ1) is 34.0. The van der Waals surface area contributed by atoms with Crippen molar-refractivity contribution in [3.05, 3.63) is 46.3 Å². The summed E-state index contributed by atoms with van der Waals surface area (Å²) in [5.74, 6) is -2.15. The molecule has 2 unspecified atom stereocenters. The minimum Gasteiger partial charge on any atom is -0.481 e. The number of thiophene rings is 1. The minimum absolute atomic E-state index is 0.0192. The van der Waals surface area contributed by atoms with Crippen LogP contribution in [0.3, 0.4) is 0 Å². The molecule has 1 aromatic heterocycles. The van der Waals surface area contributed by atoms with Gasteiger partial charge in [-0.2, -0.15) is 0 Å². The van der Waals surface area contributed by atoms with E-state index in [-0.39, 0.29) is 12.2 Å². The van der Waals surface area contributed by atoms with Gasteiger partial charge < -0.3 is 40.1 Å². The standard InChI is InChI=1S/C31H41ClO10S/c1-31(2)28(40)17(7-4-6-10-23(35)36)18(29(31)42-30-27(39)26(38)25(37)20(15-33)41-30)13-11-16(34)12-14-22-24(32)19-8-3-5-9-21(19)43-22/h3,5,8-9,11,13,16-18,20,25-27,29-30,33-34,37-39H,4,6-7,10,12,14-15H2,1-2H3,(H,35,36)/b13-11+/t16?,17-,18-,20-,25-,26+,27-,29+,30?/m1/s1. The molecule has 43 heavy (non-hydrogen) atoms. The Morgan fingerprint density at radius 2 is 1.88 bits per heavy atom. The van der Waals surface area contributed by atoms with Gasteiger partial charge in [-0.05, 0) is 31.7 Å². The van der Waals surface area contributed by atoms with Gasteiger partial charge in [-0.1, -0.05) is 62.2 Å². The van der Waals surface area contributed by atoms with E-state index < -0.39 is 72.7 Å². The number of carboxylic acid groups (broad SMARTS) is 1. The van der Waals surface area contributed by atoms with Crippen LogP contribution in [0.15, 0.2) is 36.4 Å². The fraction of sp³-hybridized carbons (Fsp3) is 0.613. The van der Waals surface area contributed by atoms with E-state index in [0.717, 1.165) is 15.0 Å². The third-order valence-corrected chi connectivity index (χ3v) is 10.4. The van der Waals surface area contributed by atoms with Gasteiger partial charge in [0.1, 0.15) is 30.2 Å². The smallest absolute Gasteiger partial charge is 0.303 e. The predicted octanol–water partition coefficient (Wildman–Crippen LogP) is 3.08. The molecule has 12 heteroatoms. The van der Waals surface area contributed by atoms with Gasteiger partial charge in [0.2, 0.25) is 0 Å². The lowest BCUT2D eigenvalue weighted by atomic mass is 9.85. The lowest BCUT2D eigenvalue weighted by Crippen LogP contribution is -2.60. The normalized spacial score (nSPS) is 31.7. The molecule has 10 nitrogen and oxygen atoms in total. The Morgan fingerprint density at radius 1 is 1.16 bits per heavy atom. The third kappa shape index (κ3) is 7.49. The third-order valence-electron chi connectivity index (χ3n) is 8.61. The van der Waals surface area contributed by atoms with E-state index in [1.165, 1.54) is 0 Å². The second-order valence-electron chi connectivity index (χ2n) is 12.0. The van der Waals surface area contributed by atoms with E-state index in [4.69, 9.17) is 26.2 Å². The molecule has 2 aliphatic rings. The molecule has 4 rings (SSSR count). The molecule has 1 aliphatic carbocycles. The number of unbranched alkanes of at least 4 members (excludes halogenated alkanes) is 1. The molecule has 238 valence electrons. The molecule has 2 fully saturated rings. The van der Waals surface area contributed by atoms with Crippen LogP contribution in [0.4, 0.5) is 0 Å². The number of rotatable bonds is 13. The average molecular weight is 641 g/mol. The van der Waals surface area contributed by atoms with Crippen molar-refractivity contribution in [1.82, 2.24) is 0 Å². The van der Waals surface area contributed by atoms with E-state index in [1.807, 2.05) is 24.3 Å². The van der Waals surface area contributed by atoms with Crippen LogP contribution in [0.1, 0.15) is 50.8 Å². The first-order valence-corrected chi connectivity index (χ1v) is 15.8. The lowest BCUT2D eigenvalue weighted by molar-refractivity contribution is -0.318. The zero-order chi connectivity index (χ0) is 31.5. The molecule has 2 aromatic rings. The SMILES string of the molecule is CC1(C)C(=O)[C@H](CCCCC(=O)O)[C@@H](/C=C/C(O)CCc2sc3ccccc3c2Cl)[C@@H]1OC1O[C@H](CO)[C@@H](O)[C@H](O)[C@H]1O. The van der Waals surface area contributed by atoms with Crippen molar-refractivity contribution in [1.29, 1.82) is 0 Å². The largest absolute Gasteiger partial charge is 0.481 e. The number of aliphatic carboxylic acids is 1. The van der Waals surface area contributed by atoms with Crippen molar-refractivity contribution in [2.45, 2.75) is 95.3 Å². The number of carbonyl (C=O) groups excluding carboxylic acids is 1. The number of ether oxygens (including phenoxy) is 2. The van der Waals surface area contributed by atoms with Crippen LogP contribution in [0.2, 0.25) is 5.02 Å². The van der Waals surface area contributed by atoms with Crippen LogP contribution in [0.5, 0.6) is 0 Å². The number of aliphatic hydroxyl groups is 5. The van der Waals surface area contributed by atoms with Crippen LogP contribution in [-0.2, 0) is 25.5 Å². The van der Waals surface area contributed by atoms with Gasteiger partial charge in [0.25, 0.3) is 0 Å². The topological polar surface area (TPSA) is 174 Å². The molecule has 0 radical (unpaired) electrons. The molecule has 0 amide bonds. The van der Waals surface area contributed by atoms with Gasteiger partial charge in [0.15, 0.2) is 6.29 Å². The van der Waals surface area contributed by atoms with Crippen molar-refractivity contribution in [2.75, 3.05) is 6.61 Å². The highest BCUT2D eigenvalue weighted by atomic mass is 35.5. The zero-order valence-electron chi connectivity index (χ0n) is 24.2. The summed E-state index contributed by atoms with van der Waals surface area (Å²) in [6, 6.07) is 7.82. The fourth-order valence-corrected chi connectivity index (χ4v) is 7.67. The highest BCUT2D eigenvalue weighted by Gasteiger charge is 2.56. The Morgan fingerprint density at radius 3 is 2.56 bits per heavy atom. The molecule has 1 aromatic carbocycles. The number of aryl methyl sites for hydroxylation is 1. The molecule has 6 N–H and O–H groups in total. The first-order valence-electron chi connectivity index (χ1n) is 14.6. The number of hydrogen-bond acceptors (Lipinski definition) is 10. The summed E-state index contributed by atoms with van der Waals surface area (Å²) in [5, 5.41) is 62.3. The maximum atomic E-state index is 13.7. The molecular formula is C31H41ClO10S. The molecule has 1 saturated carbocycles. The second-order valence-corrected chi connectivity index (χ2v) is 13.5. The molecule has 2 heterocycles. The molecular weight excluding hydrogens is 600 g/mol. The molecule has 1 aliphatic heterocycles. The zero-order valence-corrected chi connectivity index (χ0v) is 25.8. The summed E-state index contributed by atoms with van der Waals surface area (Å²) >= 11 is 8.15. The van der Waals surface area contributed by atoms with Gasteiger partial charge >= 0.3 is 5.97 Å². The average Bonchev–Trinajstić information content (AvgIpc) is 3.38. The molecule has 1 saturated heterocycles. The summed E-state index contributed by atoms with van der Waals surface area (Å²) in [5.41, 5.74) is -1.07. The van der Waals surface area contributed by atoms with E-state index in [2.05, 4.69) is 0 Å². The van der Waals surface area contributed by atoms with Crippen molar-refractivity contribution in [3.63, 3.8) is 0 Å². The number of carboxylic acids is 1. The number of carbonyl (C=O) groups is 2. The van der Waals surface area contributed by atoms with Crippen molar-refractivity contribution >= 4 is 44.8 Å². The Bertz CT molecular complexity index is 1290. The van der Waals surface area contributed by atoms with Crippen molar-refractivity contribution in [2.24, 2.45) is 17.3 Å². The van der Waals surface area contributed by atoms with E-state index in [0.29, 0.717) is 37.1 Å². The van der Waals surface area contributed by atoms with Crippen molar-refractivity contribution in [3.8, 4) is 0 Å². The van der Waals surface area contributed by atoms with E-state index >= 15 is 0 Å². The van der Waals surface area contributed by atoms with Crippen LogP contribution in [0, 0.1) is 17.3 Å². The number of fused-ring (bicyclic) bond motifs is 1. The Kier molecular flexibility index (Phi) is 11.4. The highest BCUT2D eigenvalue weighted by Crippen LogP contribution is 2.48. The maximum absolute atomic E-state index is 13.7. The minimum atomic E-state index is -1.64. The van der Waals surface area contributed by atoms with Crippen molar-refractivity contribution < 1.29 is 49.7 Å². The number of benzene rings is 1. The van der Waals surface area contributed by atoms with Gasteiger partial charge in [0.05, 0.1) is 29.3 Å². The number of halogens is 1. The number of Topliss-reactive ketones (excluding diaryl/α,β-unsaturated/α-hetero) is 1.